The van der Waals surface area contributed by atoms with E-state index in [0.29, 0.717) is 17.4 Å². The van der Waals surface area contributed by atoms with Gasteiger partial charge in [-0.2, -0.15) is 0 Å². The van der Waals surface area contributed by atoms with Gasteiger partial charge in [-0.3, -0.25) is 18.6 Å². The Bertz CT molecular complexity index is 1160. The van der Waals surface area contributed by atoms with Gasteiger partial charge >= 0.3 is 19.8 Å². The third kappa shape index (κ3) is 45.5. The van der Waals surface area contributed by atoms with Gasteiger partial charge in [0.1, 0.15) is 19.8 Å². The predicted molar refractivity (Wildman–Crippen MR) is 252 cm³/mol. The highest BCUT2D eigenvalue weighted by Gasteiger charge is 2.27. The molecule has 10 heteroatoms. The summed E-state index contributed by atoms with van der Waals surface area (Å²) in [4.78, 5) is 35.4. The smallest absolute Gasteiger partial charge is 0.462 e. The van der Waals surface area contributed by atoms with Crippen LogP contribution in [0.25, 0.3) is 0 Å². The molecular formula is C50H93NO8P+. The topological polar surface area (TPSA) is 108 Å². The Labute approximate surface area is 369 Å². The van der Waals surface area contributed by atoms with Crippen LogP contribution in [-0.4, -0.2) is 74.9 Å². The summed E-state index contributed by atoms with van der Waals surface area (Å²) >= 11 is 0. The zero-order chi connectivity index (χ0) is 44.3. The van der Waals surface area contributed by atoms with Crippen LogP contribution in [0.2, 0.25) is 0 Å². The zero-order valence-electron chi connectivity index (χ0n) is 39.4. The molecule has 0 rings (SSSR count). The average Bonchev–Trinajstić information content (AvgIpc) is 3.20. The fraction of sp³-hybridized carbons (Fsp3) is 0.800. The number of hydrogen-bond donors (Lipinski definition) is 1. The van der Waals surface area contributed by atoms with Crippen LogP contribution in [-0.2, 0) is 32.7 Å². The molecule has 0 aromatic rings. The molecule has 0 aromatic carbocycles. The summed E-state index contributed by atoms with van der Waals surface area (Å²) in [6.07, 6.45) is 50.2. The molecule has 0 amide bonds. The second kappa shape index (κ2) is 42.3. The van der Waals surface area contributed by atoms with Crippen molar-refractivity contribution in [3.05, 3.63) is 48.6 Å². The molecular weight excluding hydrogens is 774 g/mol. The molecule has 0 aromatic heterocycles. The second-order valence-corrected chi connectivity index (χ2v) is 18.9. The maximum atomic E-state index is 12.7. The van der Waals surface area contributed by atoms with Crippen molar-refractivity contribution < 1.29 is 42.1 Å². The van der Waals surface area contributed by atoms with E-state index < -0.39 is 26.5 Å². The number of unbranched alkanes of at least 4 members (excludes halogenated alkanes) is 22. The normalized spacial score (nSPS) is 13.9. The van der Waals surface area contributed by atoms with Gasteiger partial charge in [0.05, 0.1) is 27.7 Å². The van der Waals surface area contributed by atoms with Gasteiger partial charge in [0.25, 0.3) is 0 Å². The van der Waals surface area contributed by atoms with Gasteiger partial charge < -0.3 is 18.9 Å². The number of phosphoric acid groups is 1. The zero-order valence-corrected chi connectivity index (χ0v) is 40.3. The second-order valence-electron chi connectivity index (χ2n) is 17.5. The third-order valence-electron chi connectivity index (χ3n) is 10.3. The number of quaternary nitrogens is 1. The molecule has 0 spiro atoms. The third-order valence-corrected chi connectivity index (χ3v) is 11.3. The molecule has 9 nitrogen and oxygen atoms in total. The summed E-state index contributed by atoms with van der Waals surface area (Å²) < 4.78 is 34.3. The highest BCUT2D eigenvalue weighted by atomic mass is 31.2. The molecule has 0 radical (unpaired) electrons. The van der Waals surface area contributed by atoms with E-state index in [4.69, 9.17) is 18.5 Å². The van der Waals surface area contributed by atoms with E-state index in [2.05, 4.69) is 62.5 Å². The van der Waals surface area contributed by atoms with Crippen LogP contribution in [0.5, 0.6) is 0 Å². The minimum Gasteiger partial charge on any atom is -0.462 e. The molecule has 2 atom stereocenters. The van der Waals surface area contributed by atoms with E-state index in [-0.39, 0.29) is 32.0 Å². The Morgan fingerprint density at radius 3 is 1.42 bits per heavy atom. The van der Waals surface area contributed by atoms with E-state index in [1.807, 2.05) is 21.1 Å². The maximum Gasteiger partial charge on any atom is 0.472 e. The first-order valence-electron chi connectivity index (χ1n) is 24.4. The van der Waals surface area contributed by atoms with Gasteiger partial charge in [-0.25, -0.2) is 4.57 Å². The van der Waals surface area contributed by atoms with Crippen molar-refractivity contribution in [3.63, 3.8) is 0 Å². The number of esters is 2. The summed E-state index contributed by atoms with van der Waals surface area (Å²) in [6, 6.07) is 0. The Kier molecular flexibility index (Phi) is 40.8. The highest BCUT2D eigenvalue weighted by Crippen LogP contribution is 2.43. The molecule has 350 valence electrons. The van der Waals surface area contributed by atoms with Crippen molar-refractivity contribution in [3.8, 4) is 0 Å². The number of allylic oxidation sites excluding steroid dienone is 8. The first-order valence-corrected chi connectivity index (χ1v) is 25.9. The summed E-state index contributed by atoms with van der Waals surface area (Å²) in [6.45, 7) is 4.35. The first-order chi connectivity index (χ1) is 29.0. The van der Waals surface area contributed by atoms with Gasteiger partial charge in [-0.05, 0) is 77.0 Å². The number of hydrogen-bond acceptors (Lipinski definition) is 7. The summed E-state index contributed by atoms with van der Waals surface area (Å²) in [5, 5.41) is 0. The number of rotatable bonds is 44. The van der Waals surface area contributed by atoms with Gasteiger partial charge in [0.15, 0.2) is 6.10 Å². The molecule has 0 aliphatic rings. The molecule has 0 fully saturated rings. The van der Waals surface area contributed by atoms with E-state index in [1.54, 1.807) is 0 Å². The summed E-state index contributed by atoms with van der Waals surface area (Å²) in [5.74, 6) is -0.842. The number of nitrogens with zero attached hydrogens (tertiary/aromatic N) is 1. The molecule has 0 aliphatic carbocycles. The summed E-state index contributed by atoms with van der Waals surface area (Å²) in [5.41, 5.74) is 0. The van der Waals surface area contributed by atoms with Crippen molar-refractivity contribution in [2.24, 2.45) is 0 Å². The number of ether oxygens (including phenoxy) is 2. The lowest BCUT2D eigenvalue weighted by Gasteiger charge is -2.24. The molecule has 1 N–H and O–H groups in total. The van der Waals surface area contributed by atoms with E-state index in [9.17, 15) is 19.0 Å². The molecule has 0 saturated carbocycles. The average molecular weight is 867 g/mol. The lowest BCUT2D eigenvalue weighted by Crippen LogP contribution is -2.37. The SMILES string of the molecule is CCCCC/C=C/C/C=C/C/C=C/CCCCC(=O)O[C@@H](COC(=O)CCCCCCCCCCCCC/C=C/CCCCCCCC)COP(=O)(O)OCC[N+](C)(C)C. The van der Waals surface area contributed by atoms with Gasteiger partial charge in [0.2, 0.25) is 0 Å². The predicted octanol–water partition coefficient (Wildman–Crippen LogP) is 14.2. The molecule has 60 heavy (non-hydrogen) atoms. The first kappa shape index (κ1) is 58.0. The van der Waals surface area contributed by atoms with Crippen LogP contribution in [0, 0.1) is 0 Å². The number of carbonyl (C=O) groups excluding carboxylic acids is 2. The van der Waals surface area contributed by atoms with Crippen molar-refractivity contribution in [2.45, 2.75) is 213 Å². The molecule has 0 saturated heterocycles. The Morgan fingerprint density at radius 2 is 0.900 bits per heavy atom. The number of likely N-dealkylation sites (N-methyl/N-ethyl adjacent to an activating group) is 1. The number of phosphoric ester groups is 1. The van der Waals surface area contributed by atoms with Crippen molar-refractivity contribution in [1.82, 2.24) is 0 Å². The standard InChI is InChI=1S/C50H92NO8P/c1-6-8-10-12-14-16-18-20-22-23-24-25-26-27-29-30-32-34-36-38-40-42-49(52)56-46-48(47-58-60(54,55)57-45-44-51(3,4)5)59-50(53)43-41-39-37-35-33-31-28-21-19-17-15-13-11-9-7-2/h15,17,20-22,28,33,35,48H,6-14,16,18-19,23-27,29-32,34,36-47H2,1-5H3/p+1/b17-15+,22-20+,28-21+,35-33+/t48-/m0/s1. The summed E-state index contributed by atoms with van der Waals surface area (Å²) in [7, 11) is 1.45. The molecule has 0 bridgehead atoms. The van der Waals surface area contributed by atoms with Crippen LogP contribution in [0.1, 0.15) is 206 Å². The monoisotopic (exact) mass is 867 g/mol. The molecule has 1 unspecified atom stereocenters. The van der Waals surface area contributed by atoms with Crippen LogP contribution < -0.4 is 0 Å². The minimum atomic E-state index is -4.39. The fourth-order valence-electron chi connectivity index (χ4n) is 6.49. The molecule has 0 heterocycles. The van der Waals surface area contributed by atoms with Crippen molar-refractivity contribution in [1.29, 1.82) is 0 Å². The van der Waals surface area contributed by atoms with Crippen molar-refractivity contribution in [2.75, 3.05) is 47.5 Å². The van der Waals surface area contributed by atoms with Crippen LogP contribution in [0.3, 0.4) is 0 Å². The quantitative estimate of drug-likeness (QED) is 0.0212. The van der Waals surface area contributed by atoms with Crippen LogP contribution >= 0.6 is 7.82 Å². The van der Waals surface area contributed by atoms with Gasteiger partial charge in [-0.15, -0.1) is 0 Å². The van der Waals surface area contributed by atoms with Crippen molar-refractivity contribution >= 4 is 19.8 Å². The van der Waals surface area contributed by atoms with Crippen LogP contribution in [0.4, 0.5) is 0 Å². The lowest BCUT2D eigenvalue weighted by atomic mass is 10.0. The Morgan fingerprint density at radius 1 is 0.517 bits per heavy atom. The minimum absolute atomic E-state index is 0.0235. The lowest BCUT2D eigenvalue weighted by molar-refractivity contribution is -0.870. The Balaban J connectivity index is 4.30. The van der Waals surface area contributed by atoms with E-state index in [1.165, 1.54) is 122 Å². The largest absolute Gasteiger partial charge is 0.472 e. The highest BCUT2D eigenvalue weighted by molar-refractivity contribution is 7.47. The maximum absolute atomic E-state index is 12.7. The fourth-order valence-corrected chi connectivity index (χ4v) is 7.23. The van der Waals surface area contributed by atoms with E-state index >= 15 is 0 Å². The van der Waals surface area contributed by atoms with Gasteiger partial charge in [-0.1, -0.05) is 165 Å². The Hall–Kier alpha value is -2.03. The van der Waals surface area contributed by atoms with Crippen LogP contribution in [0.15, 0.2) is 48.6 Å². The molecule has 0 aliphatic heterocycles. The van der Waals surface area contributed by atoms with Gasteiger partial charge in [0, 0.05) is 12.8 Å². The number of carbonyl (C=O) groups is 2. The van der Waals surface area contributed by atoms with E-state index in [0.717, 1.165) is 51.4 Å².